The topological polar surface area (TPSA) is 73.2 Å². The quantitative estimate of drug-likeness (QED) is 0.872. The third kappa shape index (κ3) is 4.69. The molecule has 1 unspecified atom stereocenters. The molecule has 1 aliphatic heterocycles. The molecule has 1 aromatic carbocycles. The zero-order valence-electron chi connectivity index (χ0n) is 13.6. The highest BCUT2D eigenvalue weighted by Crippen LogP contribution is 2.16. The van der Waals surface area contributed by atoms with Crippen molar-refractivity contribution in [2.24, 2.45) is 0 Å². The Bertz CT molecular complexity index is 804. The smallest absolute Gasteiger partial charge is 0.255 e. The van der Waals surface area contributed by atoms with Crippen LogP contribution in [0.15, 0.2) is 42.1 Å². The summed E-state index contributed by atoms with van der Waals surface area (Å²) in [6.07, 6.45) is 7.00. The summed E-state index contributed by atoms with van der Waals surface area (Å²) in [5.41, 5.74) is 2.41. The van der Waals surface area contributed by atoms with E-state index < -0.39 is 10.0 Å². The minimum absolute atomic E-state index is 0.163. The number of aryl methyl sites for hydroxylation is 1. The predicted octanol–water partition coefficient (Wildman–Crippen LogP) is 2.78. The van der Waals surface area contributed by atoms with E-state index in [2.05, 4.69) is 9.82 Å². The summed E-state index contributed by atoms with van der Waals surface area (Å²) < 4.78 is 34.0. The van der Waals surface area contributed by atoms with Crippen molar-refractivity contribution >= 4 is 21.8 Å². The van der Waals surface area contributed by atoms with Crippen molar-refractivity contribution in [3.8, 4) is 0 Å². The Balaban J connectivity index is 1.61. The van der Waals surface area contributed by atoms with E-state index in [0.717, 1.165) is 36.0 Å². The second-order valence-corrected chi connectivity index (χ2v) is 7.51. The molecule has 2 heterocycles. The molecule has 3 rings (SSSR count). The Kier molecular flexibility index (Phi) is 5.01. The monoisotopic (exact) mass is 347 g/mol. The minimum Gasteiger partial charge on any atom is -0.376 e. The Morgan fingerprint density at radius 1 is 1.38 bits per heavy atom. The molecule has 0 aliphatic carbocycles. The van der Waals surface area contributed by atoms with E-state index in [1.165, 1.54) is 6.20 Å². The first kappa shape index (κ1) is 16.7. The van der Waals surface area contributed by atoms with Gasteiger partial charge in [0.2, 0.25) is 0 Å². The number of sulfonamides is 1. The van der Waals surface area contributed by atoms with E-state index in [1.54, 1.807) is 17.0 Å². The van der Waals surface area contributed by atoms with E-state index >= 15 is 0 Å². The van der Waals surface area contributed by atoms with Crippen LogP contribution in [0.2, 0.25) is 0 Å². The lowest BCUT2D eigenvalue weighted by atomic mass is 10.2. The second kappa shape index (κ2) is 7.19. The number of benzene rings is 1. The standard InChI is InChI=1S/C17H21N3O3S/c1-14-4-6-15(7-5-14)8-10-24(21,22)19-16-11-18-20(12-16)13-17-3-2-9-23-17/h4-8,10-12,17,19H,2-3,9,13H2,1H3/b10-8+. The Hall–Kier alpha value is -2.12. The Morgan fingerprint density at radius 2 is 2.17 bits per heavy atom. The fourth-order valence-corrected chi connectivity index (χ4v) is 3.40. The van der Waals surface area contributed by atoms with E-state index in [9.17, 15) is 8.42 Å². The van der Waals surface area contributed by atoms with Gasteiger partial charge in [0.25, 0.3) is 10.0 Å². The molecule has 0 radical (unpaired) electrons. The average Bonchev–Trinajstić information content (AvgIpc) is 3.19. The molecule has 0 bridgehead atoms. The van der Waals surface area contributed by atoms with Gasteiger partial charge in [-0.3, -0.25) is 9.40 Å². The van der Waals surface area contributed by atoms with Gasteiger partial charge in [0, 0.05) is 12.8 Å². The number of aromatic nitrogens is 2. The average molecular weight is 347 g/mol. The fourth-order valence-electron chi connectivity index (χ4n) is 2.56. The van der Waals surface area contributed by atoms with Gasteiger partial charge in [-0.1, -0.05) is 29.8 Å². The van der Waals surface area contributed by atoms with E-state index in [1.807, 2.05) is 31.2 Å². The van der Waals surface area contributed by atoms with Crippen LogP contribution in [-0.4, -0.2) is 30.9 Å². The molecule has 24 heavy (non-hydrogen) atoms. The largest absolute Gasteiger partial charge is 0.376 e. The molecule has 0 spiro atoms. The summed E-state index contributed by atoms with van der Waals surface area (Å²) in [5.74, 6) is 0. The van der Waals surface area contributed by atoms with Gasteiger partial charge in [0.15, 0.2) is 0 Å². The van der Waals surface area contributed by atoms with Gasteiger partial charge in [-0.2, -0.15) is 5.10 Å². The Morgan fingerprint density at radius 3 is 2.88 bits per heavy atom. The molecule has 1 aromatic heterocycles. The molecular weight excluding hydrogens is 326 g/mol. The summed E-state index contributed by atoms with van der Waals surface area (Å²) in [7, 11) is -3.57. The molecule has 1 saturated heterocycles. The number of nitrogens with one attached hydrogen (secondary N) is 1. The van der Waals surface area contributed by atoms with Crippen LogP contribution in [-0.2, 0) is 21.3 Å². The van der Waals surface area contributed by atoms with Crippen molar-refractivity contribution < 1.29 is 13.2 Å². The molecule has 2 aromatic rings. The molecule has 0 amide bonds. The van der Waals surface area contributed by atoms with Crippen molar-refractivity contribution in [2.75, 3.05) is 11.3 Å². The van der Waals surface area contributed by atoms with Crippen LogP contribution in [0, 0.1) is 6.92 Å². The zero-order valence-corrected chi connectivity index (χ0v) is 14.4. The van der Waals surface area contributed by atoms with E-state index in [0.29, 0.717) is 12.2 Å². The van der Waals surface area contributed by atoms with Crippen molar-refractivity contribution in [3.05, 3.63) is 53.2 Å². The molecular formula is C17H21N3O3S. The minimum atomic E-state index is -3.57. The first-order valence-electron chi connectivity index (χ1n) is 7.92. The highest BCUT2D eigenvalue weighted by Gasteiger charge is 2.16. The zero-order chi connectivity index (χ0) is 17.0. The van der Waals surface area contributed by atoms with E-state index in [-0.39, 0.29) is 6.10 Å². The second-order valence-electron chi connectivity index (χ2n) is 5.95. The van der Waals surface area contributed by atoms with Gasteiger partial charge in [-0.15, -0.1) is 0 Å². The number of anilines is 1. The third-order valence-corrected chi connectivity index (χ3v) is 4.84. The summed E-state index contributed by atoms with van der Waals surface area (Å²) in [4.78, 5) is 0. The normalized spacial score (nSPS) is 18.3. The summed E-state index contributed by atoms with van der Waals surface area (Å²) in [6, 6.07) is 7.63. The molecule has 7 heteroatoms. The van der Waals surface area contributed by atoms with Crippen molar-refractivity contribution in [1.29, 1.82) is 0 Å². The lowest BCUT2D eigenvalue weighted by molar-refractivity contribution is 0.0940. The molecule has 1 aliphatic rings. The third-order valence-electron chi connectivity index (χ3n) is 3.83. The van der Waals surface area contributed by atoms with Gasteiger partial charge >= 0.3 is 0 Å². The highest BCUT2D eigenvalue weighted by atomic mass is 32.2. The van der Waals surface area contributed by atoms with Crippen LogP contribution in [0.1, 0.15) is 24.0 Å². The van der Waals surface area contributed by atoms with Gasteiger partial charge in [0.1, 0.15) is 0 Å². The lowest BCUT2D eigenvalue weighted by Gasteiger charge is -2.08. The number of hydrogen-bond acceptors (Lipinski definition) is 4. The fraction of sp³-hybridized carbons (Fsp3) is 0.353. The molecule has 1 fully saturated rings. The van der Waals surface area contributed by atoms with Crippen molar-refractivity contribution in [2.45, 2.75) is 32.4 Å². The SMILES string of the molecule is Cc1ccc(/C=C/S(=O)(=O)Nc2cnn(CC3CCCO3)c2)cc1. The summed E-state index contributed by atoms with van der Waals surface area (Å²) in [6.45, 7) is 3.41. The molecule has 128 valence electrons. The van der Waals surface area contributed by atoms with Crippen LogP contribution in [0.5, 0.6) is 0 Å². The van der Waals surface area contributed by atoms with Gasteiger partial charge in [-0.05, 0) is 31.4 Å². The van der Waals surface area contributed by atoms with E-state index in [4.69, 9.17) is 4.74 Å². The lowest BCUT2D eigenvalue weighted by Crippen LogP contribution is -2.15. The number of ether oxygens (including phenoxy) is 1. The summed E-state index contributed by atoms with van der Waals surface area (Å²) in [5, 5.41) is 5.34. The van der Waals surface area contributed by atoms with Crippen LogP contribution in [0.25, 0.3) is 6.08 Å². The van der Waals surface area contributed by atoms with Crippen molar-refractivity contribution in [1.82, 2.24) is 9.78 Å². The number of rotatable bonds is 6. The maximum absolute atomic E-state index is 12.1. The Labute approximate surface area is 142 Å². The molecule has 0 saturated carbocycles. The first-order valence-corrected chi connectivity index (χ1v) is 9.46. The number of hydrogen-bond donors (Lipinski definition) is 1. The maximum atomic E-state index is 12.1. The van der Waals surface area contributed by atoms with Gasteiger partial charge in [-0.25, -0.2) is 8.42 Å². The first-order chi connectivity index (χ1) is 11.5. The predicted molar refractivity (Wildman–Crippen MR) is 94.0 cm³/mol. The molecule has 6 nitrogen and oxygen atoms in total. The van der Waals surface area contributed by atoms with Crippen molar-refractivity contribution in [3.63, 3.8) is 0 Å². The van der Waals surface area contributed by atoms with Crippen LogP contribution in [0.4, 0.5) is 5.69 Å². The molecule has 1 N–H and O–H groups in total. The number of nitrogens with zero attached hydrogens (tertiary/aromatic N) is 2. The summed E-state index contributed by atoms with van der Waals surface area (Å²) >= 11 is 0. The van der Waals surface area contributed by atoms with Gasteiger partial charge < -0.3 is 4.74 Å². The van der Waals surface area contributed by atoms with Crippen LogP contribution in [0.3, 0.4) is 0 Å². The maximum Gasteiger partial charge on any atom is 0.255 e. The molecule has 1 atom stereocenters. The van der Waals surface area contributed by atoms with Crippen LogP contribution >= 0.6 is 0 Å². The highest BCUT2D eigenvalue weighted by molar-refractivity contribution is 7.95. The van der Waals surface area contributed by atoms with Crippen LogP contribution < -0.4 is 4.72 Å². The van der Waals surface area contributed by atoms with Gasteiger partial charge in [0.05, 0.1) is 29.9 Å².